The molecular weight excluding hydrogens is 203 g/mol. The zero-order valence-corrected chi connectivity index (χ0v) is 10.2. The second-order valence-electron chi connectivity index (χ2n) is 1.45. The van der Waals surface area contributed by atoms with E-state index < -0.39 is 8.25 Å². The van der Waals surface area contributed by atoms with E-state index in [1.807, 2.05) is 0 Å². The maximum atomic E-state index is 8.48. The Morgan fingerprint density at radius 3 is 1.20 bits per heavy atom. The zero-order chi connectivity index (χ0) is 7.15. The molecule has 0 aromatic rings. The average Bonchev–Trinajstić information content (AvgIpc) is 1.25. The molecule has 0 fully saturated rings. The van der Waals surface area contributed by atoms with Crippen molar-refractivity contribution in [3.63, 3.8) is 0 Å². The van der Waals surface area contributed by atoms with Crippen LogP contribution in [-0.4, -0.2) is 62.0 Å². The summed E-state index contributed by atoms with van der Waals surface area (Å²) in [6, 6.07) is 0. The van der Waals surface area contributed by atoms with Crippen molar-refractivity contribution in [2.45, 2.75) is 0 Å². The fourth-order valence-electron chi connectivity index (χ4n) is 0. The summed E-state index contributed by atoms with van der Waals surface area (Å²) in [4.78, 5) is 17.0. The molecule has 1 N–H and O–H groups in total. The molecule has 0 rings (SSSR count). The number of hydrogen-bond acceptors (Lipinski definition) is 4. The van der Waals surface area contributed by atoms with Gasteiger partial charge in [0.1, 0.15) is 0 Å². The van der Waals surface area contributed by atoms with Crippen LogP contribution in [0, 0.1) is 0 Å². The van der Waals surface area contributed by atoms with Crippen LogP contribution in [0.5, 0.6) is 0 Å². The Bertz CT molecular complexity index is 64.8. The third-order valence-corrected chi connectivity index (χ3v) is 0. The minimum atomic E-state index is -3.37. The molecular formula is C3H10CaO4PS+. The minimum Gasteiger partial charge on any atom is -0.870 e. The summed E-state index contributed by atoms with van der Waals surface area (Å²) in [5.74, 6) is 0. The summed E-state index contributed by atoms with van der Waals surface area (Å²) in [6.07, 6.45) is 6.58. The molecule has 0 radical (unpaired) electrons. The average molecular weight is 213 g/mol. The van der Waals surface area contributed by atoms with E-state index in [0.29, 0.717) is 10.9 Å². The van der Waals surface area contributed by atoms with Gasteiger partial charge in [0.2, 0.25) is 0 Å². The molecule has 4 nitrogen and oxygen atoms in total. The molecule has 0 amide bonds. The fraction of sp³-hybridized carbons (Fsp3) is 1.00. The SMILES string of the molecule is C[S+](C)C.O=[P+]([O-])[O-].[Ca+2].[OH-]. The topological polar surface area (TPSA) is 93.2 Å². The maximum absolute atomic E-state index is 8.48. The van der Waals surface area contributed by atoms with Crippen LogP contribution in [0.25, 0.3) is 0 Å². The Labute approximate surface area is 94.6 Å². The molecule has 0 aromatic carbocycles. The molecule has 10 heavy (non-hydrogen) atoms. The van der Waals surface area contributed by atoms with Crippen LogP contribution in [0.4, 0.5) is 0 Å². The van der Waals surface area contributed by atoms with Gasteiger partial charge in [-0.05, 0) is 10.9 Å². The first-order valence-corrected chi connectivity index (χ1v) is 5.32. The van der Waals surface area contributed by atoms with Crippen LogP contribution in [0.15, 0.2) is 0 Å². The molecule has 58 valence electrons. The Morgan fingerprint density at radius 1 is 1.20 bits per heavy atom. The second kappa shape index (κ2) is 16.9. The molecule has 0 saturated heterocycles. The Morgan fingerprint density at radius 2 is 1.20 bits per heavy atom. The summed E-state index contributed by atoms with van der Waals surface area (Å²) in [5, 5.41) is 0. The van der Waals surface area contributed by atoms with Gasteiger partial charge < -0.3 is 15.3 Å². The first-order valence-electron chi connectivity index (χ1n) is 1.77. The van der Waals surface area contributed by atoms with Gasteiger partial charge >= 0.3 is 37.7 Å². The molecule has 0 saturated carbocycles. The monoisotopic (exact) mass is 213 g/mol. The first kappa shape index (κ1) is 22.6. The summed E-state index contributed by atoms with van der Waals surface area (Å²) >= 11 is 0. The smallest absolute Gasteiger partial charge is 0.870 e. The Balaban J connectivity index is -0.0000000300. The third kappa shape index (κ3) is 280. The second-order valence-corrected chi connectivity index (χ2v) is 4.35. The van der Waals surface area contributed by atoms with Crippen molar-refractivity contribution in [1.29, 1.82) is 0 Å². The van der Waals surface area contributed by atoms with Crippen molar-refractivity contribution in [2.75, 3.05) is 18.8 Å². The Hall–Kier alpha value is 1.59. The van der Waals surface area contributed by atoms with Gasteiger partial charge in [0.25, 0.3) is 8.25 Å². The summed E-state index contributed by atoms with van der Waals surface area (Å²) in [7, 11) is -2.73. The quantitative estimate of drug-likeness (QED) is 0.272. The van der Waals surface area contributed by atoms with Crippen molar-refractivity contribution in [3.8, 4) is 0 Å². The van der Waals surface area contributed by atoms with E-state index in [2.05, 4.69) is 18.8 Å². The van der Waals surface area contributed by atoms with Gasteiger partial charge in [0.15, 0.2) is 0 Å². The van der Waals surface area contributed by atoms with E-state index >= 15 is 0 Å². The van der Waals surface area contributed by atoms with E-state index in [-0.39, 0.29) is 43.2 Å². The van der Waals surface area contributed by atoms with Crippen molar-refractivity contribution >= 4 is 56.9 Å². The van der Waals surface area contributed by atoms with Crippen molar-refractivity contribution < 1.29 is 19.8 Å². The molecule has 7 heteroatoms. The molecule has 0 aromatic heterocycles. The molecule has 0 atom stereocenters. The van der Waals surface area contributed by atoms with Gasteiger partial charge in [-0.25, -0.2) is 0 Å². The maximum Gasteiger partial charge on any atom is 2.00 e. The van der Waals surface area contributed by atoms with E-state index in [1.165, 1.54) is 0 Å². The van der Waals surface area contributed by atoms with Crippen molar-refractivity contribution in [1.82, 2.24) is 0 Å². The number of hydrogen-bond donors (Lipinski definition) is 0. The largest absolute Gasteiger partial charge is 2.00 e. The standard InChI is InChI=1S/C3H9S.Ca.HO3P.H2O/c1-4(2)3;;1-4(2)3;/h1-3H3;;(H,1,2,3);1H2/q+1;+2;;/p-2. The van der Waals surface area contributed by atoms with Crippen molar-refractivity contribution in [3.05, 3.63) is 0 Å². The molecule has 0 aliphatic carbocycles. The molecule has 0 aliphatic rings. The van der Waals surface area contributed by atoms with Crippen LogP contribution < -0.4 is 9.79 Å². The predicted molar refractivity (Wildman–Crippen MR) is 40.4 cm³/mol. The van der Waals surface area contributed by atoms with Crippen molar-refractivity contribution in [2.24, 2.45) is 0 Å². The van der Waals surface area contributed by atoms with E-state index in [9.17, 15) is 0 Å². The van der Waals surface area contributed by atoms with Gasteiger partial charge in [-0.1, -0.05) is 4.57 Å². The fourth-order valence-corrected chi connectivity index (χ4v) is 0. The zero-order valence-electron chi connectivity index (χ0n) is 6.23. The van der Waals surface area contributed by atoms with E-state index in [4.69, 9.17) is 14.4 Å². The van der Waals surface area contributed by atoms with Crippen LogP contribution in [-0.2, 0) is 15.5 Å². The van der Waals surface area contributed by atoms with Crippen LogP contribution >= 0.6 is 8.25 Å². The van der Waals surface area contributed by atoms with Crippen LogP contribution in [0.1, 0.15) is 0 Å². The molecule has 0 unspecified atom stereocenters. The minimum absolute atomic E-state index is 0. The Kier molecular flexibility index (Phi) is 38.1. The third-order valence-electron chi connectivity index (χ3n) is 0. The van der Waals surface area contributed by atoms with Crippen LogP contribution in [0.3, 0.4) is 0 Å². The predicted octanol–water partition coefficient (Wildman–Crippen LogP) is -1.70. The van der Waals surface area contributed by atoms with Gasteiger partial charge in [0.05, 0.1) is 18.8 Å². The van der Waals surface area contributed by atoms with Crippen LogP contribution in [0.2, 0.25) is 0 Å². The molecule has 0 spiro atoms. The van der Waals surface area contributed by atoms with E-state index in [1.54, 1.807) is 0 Å². The number of rotatable bonds is 0. The van der Waals surface area contributed by atoms with Gasteiger partial charge in [-0.3, -0.25) is 0 Å². The summed E-state index contributed by atoms with van der Waals surface area (Å²) in [5.41, 5.74) is 0. The molecule has 0 bridgehead atoms. The van der Waals surface area contributed by atoms with E-state index in [0.717, 1.165) is 0 Å². The molecule has 0 heterocycles. The van der Waals surface area contributed by atoms with Gasteiger partial charge in [-0.2, -0.15) is 0 Å². The summed E-state index contributed by atoms with van der Waals surface area (Å²) in [6.45, 7) is 0. The normalized spacial score (nSPS) is 6.20. The van der Waals surface area contributed by atoms with Gasteiger partial charge in [0, 0.05) is 0 Å². The molecule has 0 aliphatic heterocycles. The van der Waals surface area contributed by atoms with Gasteiger partial charge in [-0.15, -0.1) is 0 Å². The first-order chi connectivity index (χ1) is 3.46. The summed E-state index contributed by atoms with van der Waals surface area (Å²) < 4.78 is 8.48.